The number of pyridine rings is 1. The van der Waals surface area contributed by atoms with Gasteiger partial charge in [-0.1, -0.05) is 5.18 Å². The van der Waals surface area contributed by atoms with E-state index >= 15 is 4.39 Å². The molecule has 1 saturated heterocycles. The van der Waals surface area contributed by atoms with E-state index in [1.807, 2.05) is 0 Å². The molecule has 1 aliphatic rings. The highest BCUT2D eigenvalue weighted by atomic mass is 19.1. The third-order valence-electron chi connectivity index (χ3n) is 5.81. The highest BCUT2D eigenvalue weighted by Crippen LogP contribution is 2.26. The second-order valence-electron chi connectivity index (χ2n) is 8.05. The summed E-state index contributed by atoms with van der Waals surface area (Å²) in [5.41, 5.74) is 1.76. The van der Waals surface area contributed by atoms with E-state index in [1.54, 1.807) is 31.3 Å². The van der Waals surface area contributed by atoms with Crippen LogP contribution in [0.1, 0.15) is 35.6 Å². The number of rotatable bonds is 6. The molecule has 1 atom stereocenters. The van der Waals surface area contributed by atoms with Gasteiger partial charge in [0.1, 0.15) is 17.7 Å². The van der Waals surface area contributed by atoms with Crippen molar-refractivity contribution in [2.75, 3.05) is 26.3 Å². The Hall–Kier alpha value is -3.44. The summed E-state index contributed by atoms with van der Waals surface area (Å²) < 4.78 is 37.1. The summed E-state index contributed by atoms with van der Waals surface area (Å²) in [6.07, 6.45) is 1.48. The Kier molecular flexibility index (Phi) is 5.73. The fourth-order valence-electron chi connectivity index (χ4n) is 3.94. The molecule has 4 heterocycles. The van der Waals surface area contributed by atoms with Crippen LogP contribution in [-0.4, -0.2) is 56.0 Å². The number of ether oxygens (including phenoxy) is 1. The topological polar surface area (TPSA) is 97.9 Å². The van der Waals surface area contributed by atoms with E-state index in [4.69, 9.17) is 4.74 Å². The number of nitrogens with zero attached hydrogens (tertiary/aromatic N) is 7. The maximum atomic E-state index is 15.5. The average Bonchev–Trinajstić information content (AvgIpc) is 3.24. The third-order valence-corrected chi connectivity index (χ3v) is 5.81. The second kappa shape index (κ2) is 8.83. The molecule has 0 spiro atoms. The Morgan fingerprint density at radius 1 is 1.18 bits per heavy atom. The van der Waals surface area contributed by atoms with Crippen LogP contribution >= 0.6 is 0 Å². The molecule has 11 heteroatoms. The van der Waals surface area contributed by atoms with Gasteiger partial charge in [-0.25, -0.2) is 8.78 Å². The number of fused-ring (bicyclic) bond motifs is 2. The average molecular weight is 453 g/mol. The number of aromatic nitrogens is 5. The Bertz CT molecular complexity index is 1340. The van der Waals surface area contributed by atoms with Crippen LogP contribution in [0, 0.1) is 16.5 Å². The van der Waals surface area contributed by atoms with Gasteiger partial charge in [-0.15, -0.1) is 10.2 Å². The Morgan fingerprint density at radius 3 is 2.79 bits per heavy atom. The van der Waals surface area contributed by atoms with Crippen molar-refractivity contribution in [3.8, 4) is 0 Å². The zero-order valence-corrected chi connectivity index (χ0v) is 17.9. The molecule has 0 N–H and O–H groups in total. The first-order valence-electron chi connectivity index (χ1n) is 10.6. The maximum Gasteiger partial charge on any atom is 0.177 e. The van der Waals surface area contributed by atoms with Gasteiger partial charge in [-0.2, -0.15) is 14.5 Å². The molecule has 0 amide bonds. The normalized spacial score (nSPS) is 15.8. The van der Waals surface area contributed by atoms with E-state index in [-0.39, 0.29) is 28.7 Å². The van der Waals surface area contributed by atoms with Gasteiger partial charge < -0.3 is 4.74 Å². The van der Waals surface area contributed by atoms with Crippen LogP contribution in [-0.2, 0) is 17.7 Å². The van der Waals surface area contributed by atoms with E-state index in [9.17, 15) is 9.30 Å². The van der Waals surface area contributed by atoms with E-state index in [0.29, 0.717) is 31.1 Å². The van der Waals surface area contributed by atoms with Gasteiger partial charge in [0.25, 0.3) is 0 Å². The van der Waals surface area contributed by atoms with Gasteiger partial charge in [0.05, 0.1) is 24.4 Å². The molecule has 9 nitrogen and oxygen atoms in total. The standard InChI is InChI=1S/C22H21F2N7O2/c1-13(29-32)18-2-3-20-26-27-21(31(20)28-18)9-15-17(23)10-19-16(22(15)24)8-14(11-25-19)12-30-4-6-33-7-5-30/h2-3,8,10-11,13H,4-7,9,12H2,1H3. The van der Waals surface area contributed by atoms with Crippen LogP contribution in [0.25, 0.3) is 16.6 Å². The summed E-state index contributed by atoms with van der Waals surface area (Å²) in [5.74, 6) is -1.15. The summed E-state index contributed by atoms with van der Waals surface area (Å²) in [6.45, 7) is 5.13. The highest BCUT2D eigenvalue weighted by molar-refractivity contribution is 5.81. The van der Waals surface area contributed by atoms with Crippen molar-refractivity contribution in [1.82, 2.24) is 29.7 Å². The lowest BCUT2D eigenvalue weighted by Crippen LogP contribution is -2.35. The molecule has 1 aliphatic heterocycles. The molecule has 170 valence electrons. The lowest BCUT2D eigenvalue weighted by Gasteiger charge is -2.26. The fourth-order valence-corrected chi connectivity index (χ4v) is 3.94. The molecule has 0 bridgehead atoms. The predicted octanol–water partition coefficient (Wildman–Crippen LogP) is 3.20. The number of nitroso groups, excluding NO2 is 1. The quantitative estimate of drug-likeness (QED) is 0.414. The zero-order chi connectivity index (χ0) is 22.9. The van der Waals surface area contributed by atoms with Crippen LogP contribution in [0.4, 0.5) is 8.78 Å². The molecule has 4 aromatic rings. The van der Waals surface area contributed by atoms with Crippen molar-refractivity contribution in [2.24, 2.45) is 5.18 Å². The summed E-state index contributed by atoms with van der Waals surface area (Å²) in [6, 6.07) is 5.53. The van der Waals surface area contributed by atoms with Gasteiger partial charge >= 0.3 is 0 Å². The third kappa shape index (κ3) is 4.16. The number of hydrogen-bond donors (Lipinski definition) is 0. The first kappa shape index (κ1) is 21.4. The molecule has 5 rings (SSSR count). The van der Waals surface area contributed by atoms with Crippen molar-refractivity contribution in [2.45, 2.75) is 25.9 Å². The second-order valence-corrected chi connectivity index (χ2v) is 8.05. The Balaban J connectivity index is 1.50. The molecule has 0 radical (unpaired) electrons. The van der Waals surface area contributed by atoms with Gasteiger partial charge in [-0.3, -0.25) is 9.88 Å². The van der Waals surface area contributed by atoms with Crippen molar-refractivity contribution in [3.05, 3.63) is 69.6 Å². The minimum Gasteiger partial charge on any atom is -0.379 e. The lowest BCUT2D eigenvalue weighted by molar-refractivity contribution is 0.0341. The van der Waals surface area contributed by atoms with Crippen molar-refractivity contribution in [1.29, 1.82) is 0 Å². The molecule has 1 aromatic carbocycles. The number of morpholine rings is 1. The SMILES string of the molecule is CC(N=O)c1ccc2nnc(Cc3c(F)cc4ncc(CN5CCOCC5)cc4c3F)n2n1. The highest BCUT2D eigenvalue weighted by Gasteiger charge is 2.20. The minimum absolute atomic E-state index is 0.143. The van der Waals surface area contributed by atoms with Crippen LogP contribution in [0.3, 0.4) is 0 Å². The van der Waals surface area contributed by atoms with Crippen molar-refractivity contribution >= 4 is 16.6 Å². The molecule has 3 aromatic heterocycles. The first-order chi connectivity index (χ1) is 16.0. The number of hydrogen-bond acceptors (Lipinski definition) is 8. The number of benzene rings is 1. The lowest BCUT2D eigenvalue weighted by atomic mass is 10.0. The molecule has 33 heavy (non-hydrogen) atoms. The van der Waals surface area contributed by atoms with Gasteiger partial charge in [-0.05, 0) is 30.7 Å². The summed E-state index contributed by atoms with van der Waals surface area (Å²) >= 11 is 0. The fraction of sp³-hybridized carbons (Fsp3) is 0.364. The van der Waals surface area contributed by atoms with Crippen molar-refractivity contribution < 1.29 is 13.5 Å². The molecule has 0 saturated carbocycles. The zero-order valence-electron chi connectivity index (χ0n) is 17.9. The van der Waals surface area contributed by atoms with Crippen LogP contribution < -0.4 is 0 Å². The van der Waals surface area contributed by atoms with E-state index in [0.717, 1.165) is 18.7 Å². The van der Waals surface area contributed by atoms with Gasteiger partial charge in [0, 0.05) is 49.3 Å². The minimum atomic E-state index is -0.718. The Labute approximate surface area is 187 Å². The number of halogens is 2. The van der Waals surface area contributed by atoms with Gasteiger partial charge in [0.15, 0.2) is 11.5 Å². The monoisotopic (exact) mass is 453 g/mol. The van der Waals surface area contributed by atoms with Crippen LogP contribution in [0.2, 0.25) is 0 Å². The largest absolute Gasteiger partial charge is 0.379 e. The first-order valence-corrected chi connectivity index (χ1v) is 10.6. The van der Waals surface area contributed by atoms with Gasteiger partial charge in [0.2, 0.25) is 0 Å². The summed E-state index contributed by atoms with van der Waals surface area (Å²) in [7, 11) is 0. The molecule has 0 aliphatic carbocycles. The maximum absolute atomic E-state index is 15.5. The van der Waals surface area contributed by atoms with Crippen LogP contribution in [0.5, 0.6) is 0 Å². The Morgan fingerprint density at radius 2 is 2.00 bits per heavy atom. The molecule has 1 unspecified atom stereocenters. The molecular formula is C22H21F2N7O2. The van der Waals surface area contributed by atoms with Crippen molar-refractivity contribution in [3.63, 3.8) is 0 Å². The smallest absolute Gasteiger partial charge is 0.177 e. The summed E-state index contributed by atoms with van der Waals surface area (Å²) in [4.78, 5) is 17.4. The summed E-state index contributed by atoms with van der Waals surface area (Å²) in [5, 5.41) is 15.6. The van der Waals surface area contributed by atoms with E-state index in [2.05, 4.69) is 30.4 Å². The van der Waals surface area contributed by atoms with E-state index in [1.165, 1.54) is 10.6 Å². The van der Waals surface area contributed by atoms with Crippen LogP contribution in [0.15, 0.2) is 35.6 Å². The molecular weight excluding hydrogens is 432 g/mol. The van der Waals surface area contributed by atoms with E-state index < -0.39 is 17.7 Å². The molecule has 1 fully saturated rings. The predicted molar refractivity (Wildman–Crippen MR) is 116 cm³/mol.